The van der Waals surface area contributed by atoms with Crippen molar-refractivity contribution in [1.82, 2.24) is 0 Å². The van der Waals surface area contributed by atoms with Crippen LogP contribution in [0, 0.1) is 0 Å². The van der Waals surface area contributed by atoms with Gasteiger partial charge in [0.2, 0.25) is 0 Å². The number of hydrogen-bond donors (Lipinski definition) is 1. The average Bonchev–Trinajstić information content (AvgIpc) is 2.51. The minimum Gasteiger partial charge on any atom is -0.454 e. The van der Waals surface area contributed by atoms with E-state index in [-0.39, 0.29) is 12.1 Å². The van der Waals surface area contributed by atoms with E-state index in [0.29, 0.717) is 12.8 Å². The zero-order chi connectivity index (χ0) is 16.0. The molecule has 0 fully saturated rings. The maximum absolute atomic E-state index is 11.8. The Morgan fingerprint density at radius 2 is 2.14 bits per heavy atom. The van der Waals surface area contributed by atoms with Gasteiger partial charge in [0.1, 0.15) is 11.8 Å². The van der Waals surface area contributed by atoms with Crippen molar-refractivity contribution in [3.63, 3.8) is 0 Å². The van der Waals surface area contributed by atoms with E-state index < -0.39 is 5.72 Å². The highest BCUT2D eigenvalue weighted by molar-refractivity contribution is 5.70. The fraction of sp³-hybridized carbons (Fsp3) is 0.389. The first-order valence-corrected chi connectivity index (χ1v) is 7.54. The largest absolute Gasteiger partial charge is 0.454 e. The Labute approximate surface area is 131 Å². The van der Waals surface area contributed by atoms with Crippen LogP contribution in [0.1, 0.15) is 31.7 Å². The summed E-state index contributed by atoms with van der Waals surface area (Å²) in [6.45, 7) is 1.95. The third-order valence-corrected chi connectivity index (χ3v) is 3.64. The number of rotatable bonds is 5. The van der Waals surface area contributed by atoms with Crippen LogP contribution in [0.5, 0.6) is 0 Å². The first kappa shape index (κ1) is 16.5. The molecule has 0 saturated carbocycles. The van der Waals surface area contributed by atoms with Gasteiger partial charge in [-0.25, -0.2) is 0 Å². The van der Waals surface area contributed by atoms with Crippen LogP contribution in [0.3, 0.4) is 0 Å². The smallest absolute Gasteiger partial charge is 0.306 e. The molecule has 2 atom stereocenters. The average molecular weight is 301 g/mol. The van der Waals surface area contributed by atoms with Crippen molar-refractivity contribution in [2.24, 2.45) is 5.73 Å². The molecule has 4 nitrogen and oxygen atoms in total. The number of carbonyl (C=O) groups is 1. The highest BCUT2D eigenvalue weighted by atomic mass is 16.5. The van der Waals surface area contributed by atoms with Crippen LogP contribution in [0.15, 0.2) is 48.1 Å². The minimum absolute atomic E-state index is 0.196. The number of benzene rings is 1. The van der Waals surface area contributed by atoms with Crippen LogP contribution >= 0.6 is 0 Å². The molecule has 0 radical (unpaired) electrons. The molecule has 1 aliphatic rings. The fourth-order valence-electron chi connectivity index (χ4n) is 2.41. The van der Waals surface area contributed by atoms with Gasteiger partial charge in [0.25, 0.3) is 0 Å². The standard InChI is InChI=1S/C18H23NO3/c1-3-7-17(20)22-16-10-11-18(19,21-2)13-15(16)12-14-8-5-4-6-9-14/h4-6,8-12,16H,3,7,13,19H2,1-2H3. The molecule has 0 heterocycles. The molecule has 2 rings (SSSR count). The summed E-state index contributed by atoms with van der Waals surface area (Å²) in [4.78, 5) is 11.8. The van der Waals surface area contributed by atoms with E-state index >= 15 is 0 Å². The Hall–Kier alpha value is -1.91. The van der Waals surface area contributed by atoms with Crippen molar-refractivity contribution in [1.29, 1.82) is 0 Å². The molecule has 0 aliphatic heterocycles. The summed E-state index contributed by atoms with van der Waals surface area (Å²) in [5.74, 6) is -0.196. The maximum atomic E-state index is 11.8. The van der Waals surface area contributed by atoms with Gasteiger partial charge in [-0.1, -0.05) is 43.3 Å². The topological polar surface area (TPSA) is 61.5 Å². The van der Waals surface area contributed by atoms with Crippen LogP contribution in [0.25, 0.3) is 6.08 Å². The normalized spacial score (nSPS) is 26.1. The van der Waals surface area contributed by atoms with Gasteiger partial charge >= 0.3 is 5.97 Å². The number of methoxy groups -OCH3 is 1. The van der Waals surface area contributed by atoms with Crippen molar-refractivity contribution in [2.45, 2.75) is 38.0 Å². The molecular formula is C18H23NO3. The summed E-state index contributed by atoms with van der Waals surface area (Å²) in [5, 5.41) is 0. The van der Waals surface area contributed by atoms with E-state index in [9.17, 15) is 4.79 Å². The molecule has 0 bridgehead atoms. The van der Waals surface area contributed by atoms with E-state index in [1.165, 1.54) is 0 Å². The summed E-state index contributed by atoms with van der Waals surface area (Å²) < 4.78 is 10.9. The molecule has 1 aromatic carbocycles. The molecule has 22 heavy (non-hydrogen) atoms. The molecule has 0 saturated heterocycles. The quantitative estimate of drug-likeness (QED) is 0.516. The van der Waals surface area contributed by atoms with Crippen LogP contribution in [-0.2, 0) is 14.3 Å². The van der Waals surface area contributed by atoms with Crippen molar-refractivity contribution in [2.75, 3.05) is 7.11 Å². The monoisotopic (exact) mass is 301 g/mol. The lowest BCUT2D eigenvalue weighted by Gasteiger charge is -2.32. The summed E-state index contributed by atoms with van der Waals surface area (Å²) in [6, 6.07) is 9.90. The minimum atomic E-state index is -0.853. The zero-order valence-electron chi connectivity index (χ0n) is 13.1. The number of ether oxygens (including phenoxy) is 2. The zero-order valence-corrected chi connectivity index (χ0v) is 13.1. The number of nitrogens with two attached hydrogens (primary N) is 1. The molecule has 4 heteroatoms. The molecule has 1 aromatic rings. The van der Waals surface area contributed by atoms with E-state index in [4.69, 9.17) is 15.2 Å². The second-order valence-corrected chi connectivity index (χ2v) is 5.49. The van der Waals surface area contributed by atoms with Crippen LogP contribution in [0.2, 0.25) is 0 Å². The summed E-state index contributed by atoms with van der Waals surface area (Å²) >= 11 is 0. The van der Waals surface area contributed by atoms with Crippen molar-refractivity contribution in [3.05, 3.63) is 53.6 Å². The van der Waals surface area contributed by atoms with Crippen LogP contribution in [0.4, 0.5) is 0 Å². The van der Waals surface area contributed by atoms with Gasteiger partial charge in [-0.2, -0.15) is 0 Å². The van der Waals surface area contributed by atoms with Gasteiger partial charge in [0.05, 0.1) is 0 Å². The molecule has 2 unspecified atom stereocenters. The molecule has 2 N–H and O–H groups in total. The van der Waals surface area contributed by atoms with Crippen molar-refractivity contribution < 1.29 is 14.3 Å². The predicted molar refractivity (Wildman–Crippen MR) is 86.9 cm³/mol. The van der Waals surface area contributed by atoms with Crippen molar-refractivity contribution in [3.8, 4) is 0 Å². The van der Waals surface area contributed by atoms with Gasteiger partial charge in [-0.05, 0) is 29.7 Å². The van der Waals surface area contributed by atoms with Gasteiger partial charge in [-0.3, -0.25) is 10.5 Å². The SMILES string of the molecule is CCCC(=O)OC1C=CC(N)(OC)CC1=Cc1ccccc1. The summed E-state index contributed by atoms with van der Waals surface area (Å²) in [6.07, 6.45) is 6.86. The predicted octanol–water partition coefficient (Wildman–Crippen LogP) is 3.04. The Balaban J connectivity index is 2.26. The van der Waals surface area contributed by atoms with E-state index in [1.54, 1.807) is 19.3 Å². The van der Waals surface area contributed by atoms with E-state index in [2.05, 4.69) is 0 Å². The first-order chi connectivity index (χ1) is 10.6. The summed E-state index contributed by atoms with van der Waals surface area (Å²) in [7, 11) is 1.58. The molecule has 0 amide bonds. The lowest BCUT2D eigenvalue weighted by Crippen LogP contribution is -2.44. The first-order valence-electron chi connectivity index (χ1n) is 7.54. The number of esters is 1. The van der Waals surface area contributed by atoms with Crippen molar-refractivity contribution >= 4 is 12.0 Å². The molecule has 118 valence electrons. The summed E-state index contributed by atoms with van der Waals surface area (Å²) in [5.41, 5.74) is 7.29. The second kappa shape index (κ2) is 7.38. The Bertz CT molecular complexity index is 565. The number of carbonyl (C=O) groups excluding carboxylic acids is 1. The van der Waals surface area contributed by atoms with Gasteiger partial charge in [0, 0.05) is 20.0 Å². The van der Waals surface area contributed by atoms with Gasteiger partial charge < -0.3 is 9.47 Å². The third kappa shape index (κ3) is 4.29. The molecule has 0 spiro atoms. The molecule has 1 aliphatic carbocycles. The molecular weight excluding hydrogens is 278 g/mol. The van der Waals surface area contributed by atoms with E-state index in [1.807, 2.05) is 43.3 Å². The Kier molecular flexibility index (Phi) is 5.52. The number of hydrogen-bond acceptors (Lipinski definition) is 4. The van der Waals surface area contributed by atoms with Crippen LogP contribution in [-0.4, -0.2) is 24.9 Å². The Morgan fingerprint density at radius 1 is 1.41 bits per heavy atom. The highest BCUT2D eigenvalue weighted by Gasteiger charge is 2.32. The lowest BCUT2D eigenvalue weighted by molar-refractivity contribution is -0.146. The second-order valence-electron chi connectivity index (χ2n) is 5.49. The fourth-order valence-corrected chi connectivity index (χ4v) is 2.41. The van der Waals surface area contributed by atoms with Gasteiger partial charge in [0.15, 0.2) is 0 Å². The lowest BCUT2D eigenvalue weighted by atomic mass is 9.90. The van der Waals surface area contributed by atoms with Gasteiger partial charge in [-0.15, -0.1) is 0 Å². The maximum Gasteiger partial charge on any atom is 0.306 e. The van der Waals surface area contributed by atoms with E-state index in [0.717, 1.165) is 17.6 Å². The molecule has 0 aromatic heterocycles. The Morgan fingerprint density at radius 3 is 2.77 bits per heavy atom. The highest BCUT2D eigenvalue weighted by Crippen LogP contribution is 2.29. The van der Waals surface area contributed by atoms with Crippen LogP contribution < -0.4 is 5.73 Å². The third-order valence-electron chi connectivity index (χ3n) is 3.64.